The number of sulfone groups is 1. The van der Waals surface area contributed by atoms with Crippen molar-refractivity contribution in [1.29, 1.82) is 0 Å². The van der Waals surface area contributed by atoms with Gasteiger partial charge in [-0.2, -0.15) is 0 Å². The van der Waals surface area contributed by atoms with Gasteiger partial charge in [0.25, 0.3) is 0 Å². The van der Waals surface area contributed by atoms with Gasteiger partial charge in [-0.1, -0.05) is 0 Å². The van der Waals surface area contributed by atoms with Gasteiger partial charge in [0.05, 0.1) is 26.7 Å². The number of hydrogen-bond donors (Lipinski definition) is 0. The van der Waals surface area contributed by atoms with Crippen LogP contribution in [0.25, 0.3) is 0 Å². The van der Waals surface area contributed by atoms with Gasteiger partial charge in [0.15, 0.2) is 0 Å². The zero-order chi connectivity index (χ0) is 17.2. The third-order valence-corrected chi connectivity index (χ3v) is 4.79. The number of nitrogens with zero attached hydrogens (tertiary/aromatic N) is 2. The molecule has 0 radical (unpaired) electrons. The Hall–Kier alpha value is -3.01. The maximum Gasteiger partial charge on any atom is 0.347 e. The van der Waals surface area contributed by atoms with Crippen molar-refractivity contribution < 1.29 is 23.0 Å². The molecule has 0 unspecified atom stereocenters. The van der Waals surface area contributed by atoms with Crippen LogP contribution in [0.1, 0.15) is 0 Å². The molecule has 0 heterocycles. The number of rotatable bonds is 5. The van der Waals surface area contributed by atoms with E-state index in [1.807, 2.05) is 0 Å². The summed E-state index contributed by atoms with van der Waals surface area (Å²) in [5.74, 6) is 0.443. The molecule has 0 spiro atoms. The predicted molar refractivity (Wildman–Crippen MR) is 78.2 cm³/mol. The van der Waals surface area contributed by atoms with Crippen molar-refractivity contribution in [1.82, 2.24) is 0 Å². The maximum atomic E-state index is 12.5. The maximum absolute atomic E-state index is 12.5. The van der Waals surface area contributed by atoms with Gasteiger partial charge < -0.3 is 4.74 Å². The van der Waals surface area contributed by atoms with Crippen LogP contribution in [0.3, 0.4) is 0 Å². The minimum Gasteiger partial charge on any atom is -0.497 e. The molecule has 2 aromatic rings. The highest BCUT2D eigenvalue weighted by Crippen LogP contribution is 2.32. The van der Waals surface area contributed by atoms with Crippen LogP contribution in [0.4, 0.5) is 11.4 Å². The molecule has 9 nitrogen and oxygen atoms in total. The Balaban J connectivity index is 2.57. The molecule has 0 saturated heterocycles. The molecule has 0 aliphatic carbocycles. The second kappa shape index (κ2) is 6.01. The Labute approximate surface area is 130 Å². The average molecular weight is 338 g/mol. The molecule has 0 N–H and O–H groups in total. The molecule has 0 aromatic heterocycles. The Morgan fingerprint density at radius 2 is 1.39 bits per heavy atom. The van der Waals surface area contributed by atoms with Gasteiger partial charge in [0, 0.05) is 12.1 Å². The molecule has 2 rings (SSSR count). The van der Waals surface area contributed by atoms with Gasteiger partial charge >= 0.3 is 11.4 Å². The summed E-state index contributed by atoms with van der Waals surface area (Å²) in [6.07, 6.45) is 0. The summed E-state index contributed by atoms with van der Waals surface area (Å²) in [5, 5.41) is 21.7. The number of nitro benzene ring substituents is 2. The van der Waals surface area contributed by atoms with E-state index in [2.05, 4.69) is 0 Å². The summed E-state index contributed by atoms with van der Waals surface area (Å²) in [6.45, 7) is 0. The number of methoxy groups -OCH3 is 1. The molecule has 0 amide bonds. The van der Waals surface area contributed by atoms with Crippen LogP contribution in [0.15, 0.2) is 52.3 Å². The molecule has 23 heavy (non-hydrogen) atoms. The van der Waals surface area contributed by atoms with Crippen molar-refractivity contribution in [2.75, 3.05) is 7.11 Å². The first-order chi connectivity index (χ1) is 10.8. The molecule has 2 aromatic carbocycles. The number of benzene rings is 2. The summed E-state index contributed by atoms with van der Waals surface area (Å²) in [4.78, 5) is 19.2. The lowest BCUT2D eigenvalue weighted by molar-refractivity contribution is -0.422. The molecule has 10 heteroatoms. The van der Waals surface area contributed by atoms with E-state index >= 15 is 0 Å². The molecular weight excluding hydrogens is 328 g/mol. The van der Waals surface area contributed by atoms with Crippen molar-refractivity contribution in [3.8, 4) is 5.75 Å². The number of hydrogen-bond acceptors (Lipinski definition) is 7. The highest BCUT2D eigenvalue weighted by molar-refractivity contribution is 7.91. The van der Waals surface area contributed by atoms with Crippen LogP contribution in [0.5, 0.6) is 5.75 Å². The molecule has 0 aliphatic rings. The minimum atomic E-state index is -4.05. The molecular formula is C13H10N2O7S. The molecule has 0 bridgehead atoms. The van der Waals surface area contributed by atoms with Crippen LogP contribution >= 0.6 is 0 Å². The molecule has 0 aliphatic heterocycles. The SMILES string of the molecule is COc1ccc(S(=O)(=O)c2ccc([N+](=O)[O-])c([N+](=O)[O-])c2)cc1. The number of nitro groups is 2. The minimum absolute atomic E-state index is 0.110. The van der Waals surface area contributed by atoms with Gasteiger partial charge in [-0.05, 0) is 30.3 Å². The molecule has 120 valence electrons. The highest BCUT2D eigenvalue weighted by Gasteiger charge is 2.28. The number of ether oxygens (including phenoxy) is 1. The quantitative estimate of drug-likeness (QED) is 0.604. The lowest BCUT2D eigenvalue weighted by Crippen LogP contribution is -2.04. The second-order valence-electron chi connectivity index (χ2n) is 4.34. The third-order valence-electron chi connectivity index (χ3n) is 3.02. The average Bonchev–Trinajstić information content (AvgIpc) is 2.54. The predicted octanol–water partition coefficient (Wildman–Crippen LogP) is 2.34. The summed E-state index contributed by atoms with van der Waals surface area (Å²) in [6, 6.07) is 7.85. The monoisotopic (exact) mass is 338 g/mol. The first kappa shape index (κ1) is 16.4. The Morgan fingerprint density at radius 1 is 0.870 bits per heavy atom. The summed E-state index contributed by atoms with van der Waals surface area (Å²) in [5.41, 5.74) is -1.66. The fraction of sp³-hybridized carbons (Fsp3) is 0.0769. The zero-order valence-electron chi connectivity index (χ0n) is 11.7. The van der Waals surface area contributed by atoms with Crippen LogP contribution in [0.2, 0.25) is 0 Å². The van der Waals surface area contributed by atoms with E-state index < -0.39 is 36.0 Å². The van der Waals surface area contributed by atoms with Crippen LogP contribution in [-0.2, 0) is 9.84 Å². The largest absolute Gasteiger partial charge is 0.497 e. The highest BCUT2D eigenvalue weighted by atomic mass is 32.2. The summed E-state index contributed by atoms with van der Waals surface area (Å²) in [7, 11) is -2.63. The Morgan fingerprint density at radius 3 is 1.87 bits per heavy atom. The fourth-order valence-electron chi connectivity index (χ4n) is 1.86. The lowest BCUT2D eigenvalue weighted by atomic mass is 10.3. The van der Waals surface area contributed by atoms with E-state index in [1.54, 1.807) is 0 Å². The smallest absolute Gasteiger partial charge is 0.347 e. The second-order valence-corrected chi connectivity index (χ2v) is 6.29. The fourth-order valence-corrected chi connectivity index (χ4v) is 3.14. The molecule has 0 saturated carbocycles. The van der Waals surface area contributed by atoms with Gasteiger partial charge in [0.1, 0.15) is 5.75 Å². The van der Waals surface area contributed by atoms with E-state index in [-0.39, 0.29) is 4.90 Å². The van der Waals surface area contributed by atoms with Crippen molar-refractivity contribution in [2.45, 2.75) is 9.79 Å². The van der Waals surface area contributed by atoms with E-state index in [4.69, 9.17) is 4.74 Å². The van der Waals surface area contributed by atoms with Crippen molar-refractivity contribution >= 4 is 21.2 Å². The van der Waals surface area contributed by atoms with Gasteiger partial charge in [-0.15, -0.1) is 0 Å². The van der Waals surface area contributed by atoms with E-state index in [9.17, 15) is 28.6 Å². The van der Waals surface area contributed by atoms with Crippen molar-refractivity contribution in [3.05, 3.63) is 62.7 Å². The Bertz CT molecular complexity index is 876. The summed E-state index contributed by atoms with van der Waals surface area (Å²) < 4.78 is 29.8. The van der Waals surface area contributed by atoms with Crippen molar-refractivity contribution in [2.24, 2.45) is 0 Å². The topological polar surface area (TPSA) is 130 Å². The third kappa shape index (κ3) is 3.11. The van der Waals surface area contributed by atoms with E-state index in [1.165, 1.54) is 31.4 Å². The molecule has 0 atom stereocenters. The van der Waals surface area contributed by atoms with Gasteiger partial charge in [-0.25, -0.2) is 8.42 Å². The van der Waals surface area contributed by atoms with Crippen LogP contribution < -0.4 is 4.74 Å². The van der Waals surface area contributed by atoms with Gasteiger partial charge in [0.2, 0.25) is 9.84 Å². The zero-order valence-corrected chi connectivity index (χ0v) is 12.5. The van der Waals surface area contributed by atoms with Crippen LogP contribution in [0, 0.1) is 20.2 Å². The van der Waals surface area contributed by atoms with Crippen LogP contribution in [-0.4, -0.2) is 25.4 Å². The summed E-state index contributed by atoms with van der Waals surface area (Å²) >= 11 is 0. The lowest BCUT2D eigenvalue weighted by Gasteiger charge is -2.06. The standard InChI is InChI=1S/C13H10N2O7S/c1-22-9-2-4-10(5-3-9)23(20,21)11-6-7-12(14(16)17)13(8-11)15(18)19/h2-8H,1H3. The normalized spacial score (nSPS) is 11.0. The first-order valence-electron chi connectivity index (χ1n) is 6.09. The van der Waals surface area contributed by atoms with Gasteiger partial charge in [-0.3, -0.25) is 20.2 Å². The van der Waals surface area contributed by atoms with E-state index in [0.717, 1.165) is 12.1 Å². The first-order valence-corrected chi connectivity index (χ1v) is 7.57. The van der Waals surface area contributed by atoms with E-state index in [0.29, 0.717) is 11.8 Å². The Kier molecular flexibility index (Phi) is 4.27. The van der Waals surface area contributed by atoms with Crippen molar-refractivity contribution in [3.63, 3.8) is 0 Å². The molecule has 0 fully saturated rings.